The lowest BCUT2D eigenvalue weighted by Crippen LogP contribution is -2.55. The summed E-state index contributed by atoms with van der Waals surface area (Å²) < 4.78 is 5.85. The van der Waals surface area contributed by atoms with Crippen LogP contribution in [0.15, 0.2) is 78.9 Å². The third kappa shape index (κ3) is 4.49. The van der Waals surface area contributed by atoms with E-state index in [2.05, 4.69) is 36.1 Å². The van der Waals surface area contributed by atoms with Gasteiger partial charge in [0, 0.05) is 25.3 Å². The topological polar surface area (TPSA) is 32.8 Å². The van der Waals surface area contributed by atoms with E-state index in [1.165, 1.54) is 11.1 Å². The van der Waals surface area contributed by atoms with Crippen LogP contribution in [0, 0.1) is 6.92 Å². The molecule has 29 heavy (non-hydrogen) atoms. The number of rotatable bonds is 5. The summed E-state index contributed by atoms with van der Waals surface area (Å²) in [6.07, 6.45) is 0. The Kier molecular flexibility index (Phi) is 5.63. The Balaban J connectivity index is 1.42. The van der Waals surface area contributed by atoms with Crippen LogP contribution in [0.1, 0.15) is 18.1 Å². The number of anilines is 1. The number of aryl methyl sites for hydroxylation is 1. The molecule has 1 aliphatic rings. The Bertz CT molecular complexity index is 970. The van der Waals surface area contributed by atoms with Crippen LogP contribution in [-0.2, 0) is 11.3 Å². The Morgan fingerprint density at radius 1 is 0.897 bits per heavy atom. The van der Waals surface area contributed by atoms with E-state index in [-0.39, 0.29) is 11.9 Å². The Hall–Kier alpha value is -3.11. The molecule has 1 amide bonds. The van der Waals surface area contributed by atoms with Gasteiger partial charge in [0.25, 0.3) is 0 Å². The first kappa shape index (κ1) is 19.2. The van der Waals surface area contributed by atoms with E-state index < -0.39 is 0 Å². The molecule has 1 aliphatic heterocycles. The molecule has 0 saturated carbocycles. The van der Waals surface area contributed by atoms with Crippen molar-refractivity contribution in [2.24, 2.45) is 0 Å². The third-order valence-electron chi connectivity index (χ3n) is 5.38. The average molecular weight is 386 g/mol. The van der Waals surface area contributed by atoms with Crippen molar-refractivity contribution in [3.05, 3.63) is 90.0 Å². The van der Waals surface area contributed by atoms with E-state index in [0.717, 1.165) is 30.3 Å². The van der Waals surface area contributed by atoms with Crippen LogP contribution in [0.5, 0.6) is 11.5 Å². The molecule has 148 valence electrons. The second-order valence-electron chi connectivity index (χ2n) is 7.53. The Morgan fingerprint density at radius 2 is 1.62 bits per heavy atom. The highest BCUT2D eigenvalue weighted by atomic mass is 16.5. The van der Waals surface area contributed by atoms with Gasteiger partial charge in [-0.05, 0) is 55.8 Å². The predicted molar refractivity (Wildman–Crippen MR) is 116 cm³/mol. The van der Waals surface area contributed by atoms with E-state index in [1.54, 1.807) is 0 Å². The normalized spacial score (nSPS) is 17.4. The molecule has 0 N–H and O–H groups in total. The minimum Gasteiger partial charge on any atom is -0.457 e. The van der Waals surface area contributed by atoms with E-state index >= 15 is 0 Å². The summed E-state index contributed by atoms with van der Waals surface area (Å²) in [5, 5.41) is 0. The maximum absolute atomic E-state index is 13.0. The first-order valence-corrected chi connectivity index (χ1v) is 10.0. The standard InChI is InChI=1S/C25H26N2O2/c1-19-7-6-8-21(17-19)18-26-15-16-27(25(28)20(26)2)22-11-13-24(14-12-22)29-23-9-4-3-5-10-23/h3-14,17,20H,15-16,18H2,1-2H3/t20-/m0/s1. The van der Waals surface area contributed by atoms with Crippen molar-refractivity contribution in [2.75, 3.05) is 18.0 Å². The molecular formula is C25H26N2O2. The van der Waals surface area contributed by atoms with E-state index in [0.29, 0.717) is 6.54 Å². The number of hydrogen-bond acceptors (Lipinski definition) is 3. The molecule has 0 aromatic heterocycles. The van der Waals surface area contributed by atoms with Crippen molar-refractivity contribution in [2.45, 2.75) is 26.4 Å². The third-order valence-corrected chi connectivity index (χ3v) is 5.38. The summed E-state index contributed by atoms with van der Waals surface area (Å²) in [4.78, 5) is 17.2. The van der Waals surface area contributed by atoms with Crippen molar-refractivity contribution >= 4 is 11.6 Å². The number of piperazine rings is 1. The molecule has 0 radical (unpaired) electrons. The highest BCUT2D eigenvalue weighted by Gasteiger charge is 2.32. The summed E-state index contributed by atoms with van der Waals surface area (Å²) in [5.41, 5.74) is 3.41. The molecular weight excluding hydrogens is 360 g/mol. The van der Waals surface area contributed by atoms with Crippen LogP contribution in [0.2, 0.25) is 0 Å². The van der Waals surface area contributed by atoms with Crippen molar-refractivity contribution in [3.63, 3.8) is 0 Å². The van der Waals surface area contributed by atoms with Gasteiger partial charge in [0.15, 0.2) is 0 Å². The smallest absolute Gasteiger partial charge is 0.244 e. The quantitative estimate of drug-likeness (QED) is 0.617. The largest absolute Gasteiger partial charge is 0.457 e. The Morgan fingerprint density at radius 3 is 2.34 bits per heavy atom. The number of amides is 1. The fourth-order valence-corrected chi connectivity index (χ4v) is 3.75. The first-order chi connectivity index (χ1) is 14.1. The number of nitrogens with zero attached hydrogens (tertiary/aromatic N) is 2. The van der Waals surface area contributed by atoms with Gasteiger partial charge in [0.1, 0.15) is 11.5 Å². The molecule has 1 heterocycles. The van der Waals surface area contributed by atoms with Gasteiger partial charge in [0.2, 0.25) is 5.91 Å². The van der Waals surface area contributed by atoms with Gasteiger partial charge in [0.05, 0.1) is 6.04 Å². The van der Waals surface area contributed by atoms with Crippen molar-refractivity contribution < 1.29 is 9.53 Å². The number of benzene rings is 3. The zero-order valence-corrected chi connectivity index (χ0v) is 16.9. The second-order valence-corrected chi connectivity index (χ2v) is 7.53. The fourth-order valence-electron chi connectivity index (χ4n) is 3.75. The number of carbonyl (C=O) groups is 1. The van der Waals surface area contributed by atoms with Crippen LogP contribution < -0.4 is 9.64 Å². The van der Waals surface area contributed by atoms with Crippen LogP contribution in [0.3, 0.4) is 0 Å². The molecule has 1 atom stereocenters. The molecule has 0 aliphatic carbocycles. The number of ether oxygens (including phenoxy) is 1. The summed E-state index contributed by atoms with van der Waals surface area (Å²) in [5.74, 6) is 1.70. The van der Waals surface area contributed by atoms with Crippen molar-refractivity contribution in [1.29, 1.82) is 0 Å². The summed E-state index contributed by atoms with van der Waals surface area (Å²) in [6, 6.07) is 25.8. The maximum atomic E-state index is 13.0. The van der Waals surface area contributed by atoms with Crippen molar-refractivity contribution in [1.82, 2.24) is 4.90 Å². The summed E-state index contributed by atoms with van der Waals surface area (Å²) in [7, 11) is 0. The first-order valence-electron chi connectivity index (χ1n) is 10.0. The molecule has 3 aromatic carbocycles. The van der Waals surface area contributed by atoms with Crippen LogP contribution in [0.25, 0.3) is 0 Å². The van der Waals surface area contributed by atoms with E-state index in [4.69, 9.17) is 4.74 Å². The van der Waals surface area contributed by atoms with Gasteiger partial charge in [-0.1, -0.05) is 48.0 Å². The van der Waals surface area contributed by atoms with Crippen molar-refractivity contribution in [3.8, 4) is 11.5 Å². The van der Waals surface area contributed by atoms with Gasteiger partial charge in [-0.25, -0.2) is 0 Å². The van der Waals surface area contributed by atoms with E-state index in [9.17, 15) is 4.79 Å². The minimum atomic E-state index is -0.149. The zero-order valence-electron chi connectivity index (χ0n) is 16.9. The maximum Gasteiger partial charge on any atom is 0.244 e. The lowest BCUT2D eigenvalue weighted by Gasteiger charge is -2.39. The molecule has 3 aromatic rings. The number of para-hydroxylation sites is 1. The van der Waals surface area contributed by atoms with Gasteiger partial charge < -0.3 is 9.64 Å². The van der Waals surface area contributed by atoms with Gasteiger partial charge >= 0.3 is 0 Å². The average Bonchev–Trinajstić information content (AvgIpc) is 2.73. The molecule has 0 unspecified atom stereocenters. The summed E-state index contributed by atoms with van der Waals surface area (Å²) in [6.45, 7) is 6.43. The van der Waals surface area contributed by atoms with Crippen LogP contribution in [0.4, 0.5) is 5.69 Å². The fraction of sp³-hybridized carbons (Fsp3) is 0.240. The lowest BCUT2D eigenvalue weighted by molar-refractivity contribution is -0.125. The SMILES string of the molecule is Cc1cccc(CN2CCN(c3ccc(Oc4ccccc4)cc3)C(=O)[C@@H]2C)c1. The van der Waals surface area contributed by atoms with Crippen LogP contribution >= 0.6 is 0 Å². The number of hydrogen-bond donors (Lipinski definition) is 0. The van der Waals surface area contributed by atoms with Gasteiger partial charge in [-0.2, -0.15) is 0 Å². The predicted octanol–water partition coefficient (Wildman–Crippen LogP) is 5.02. The monoisotopic (exact) mass is 386 g/mol. The molecule has 4 rings (SSSR count). The minimum absolute atomic E-state index is 0.139. The molecule has 0 spiro atoms. The zero-order chi connectivity index (χ0) is 20.2. The second kappa shape index (κ2) is 8.50. The molecule has 4 heteroatoms. The van der Waals surface area contributed by atoms with Crippen LogP contribution in [-0.4, -0.2) is 29.9 Å². The lowest BCUT2D eigenvalue weighted by atomic mass is 10.1. The Labute approximate surface area is 172 Å². The van der Waals surface area contributed by atoms with Gasteiger partial charge in [-0.3, -0.25) is 9.69 Å². The highest BCUT2D eigenvalue weighted by Crippen LogP contribution is 2.26. The molecule has 4 nitrogen and oxygen atoms in total. The van der Waals surface area contributed by atoms with Gasteiger partial charge in [-0.15, -0.1) is 0 Å². The highest BCUT2D eigenvalue weighted by molar-refractivity contribution is 5.97. The van der Waals surface area contributed by atoms with E-state index in [1.807, 2.05) is 66.4 Å². The molecule has 0 bridgehead atoms. The summed E-state index contributed by atoms with van der Waals surface area (Å²) >= 11 is 0. The number of carbonyl (C=O) groups excluding carboxylic acids is 1. The molecule has 1 fully saturated rings. The molecule has 1 saturated heterocycles.